The predicted octanol–water partition coefficient (Wildman–Crippen LogP) is 5.42. The van der Waals surface area contributed by atoms with Crippen molar-refractivity contribution in [2.45, 2.75) is 0 Å². The number of aromatic hydroxyl groups is 3. The van der Waals surface area contributed by atoms with Gasteiger partial charge in [0.15, 0.2) is 0 Å². The van der Waals surface area contributed by atoms with Crippen molar-refractivity contribution in [1.29, 1.82) is 0 Å². The van der Waals surface area contributed by atoms with E-state index in [1.807, 2.05) is 54.6 Å². The summed E-state index contributed by atoms with van der Waals surface area (Å²) in [4.78, 5) is 15.0. The molecule has 0 aliphatic carbocycles. The summed E-state index contributed by atoms with van der Waals surface area (Å²) in [7, 11) is 0. The minimum atomic E-state index is 0.189. The molecular formula is C44H32N4O3. The van der Waals surface area contributed by atoms with Gasteiger partial charge in [-0.05, 0) is 107 Å². The SMILES string of the molecule is Oc1ccc(C2=c3ccc([nH]3)=C(c3ccccc3)c3ccc([nH]3)C(c3ccc(O)cc3)=c3ccc([nH]3)=C(c3ccc(O)cc3)c3ccc2[nH]3)cc1. The van der Waals surface area contributed by atoms with Crippen LogP contribution in [-0.2, 0) is 0 Å². The van der Waals surface area contributed by atoms with Crippen molar-refractivity contribution in [3.8, 4) is 17.2 Å². The van der Waals surface area contributed by atoms with Gasteiger partial charge in [0.2, 0.25) is 0 Å². The smallest absolute Gasteiger partial charge is 0.115 e. The molecule has 0 unspecified atom stereocenters. The maximum Gasteiger partial charge on any atom is 0.115 e. The Morgan fingerprint density at radius 3 is 0.824 bits per heavy atom. The fourth-order valence-electron chi connectivity index (χ4n) is 7.06. The molecule has 51 heavy (non-hydrogen) atoms. The first-order valence-corrected chi connectivity index (χ1v) is 16.7. The lowest BCUT2D eigenvalue weighted by atomic mass is 10.0. The zero-order valence-electron chi connectivity index (χ0n) is 27.3. The van der Waals surface area contributed by atoms with E-state index in [-0.39, 0.29) is 17.2 Å². The molecule has 0 saturated heterocycles. The number of phenolic OH excluding ortho intramolecular Hbond substituents is 3. The monoisotopic (exact) mass is 664 g/mol. The van der Waals surface area contributed by atoms with Crippen LogP contribution >= 0.6 is 0 Å². The van der Waals surface area contributed by atoms with Gasteiger partial charge in [-0.1, -0.05) is 66.7 Å². The normalized spacial score (nSPS) is 12.8. The van der Waals surface area contributed by atoms with Crippen molar-refractivity contribution in [3.63, 3.8) is 0 Å². The fraction of sp³-hybridized carbons (Fsp3) is 0. The molecule has 4 aromatic heterocycles. The highest BCUT2D eigenvalue weighted by Gasteiger charge is 2.18. The number of phenols is 3. The van der Waals surface area contributed by atoms with E-state index in [1.165, 1.54) is 0 Å². The zero-order valence-corrected chi connectivity index (χ0v) is 27.3. The summed E-state index contributed by atoms with van der Waals surface area (Å²) >= 11 is 0. The van der Waals surface area contributed by atoms with Gasteiger partial charge in [0.25, 0.3) is 0 Å². The molecular weight excluding hydrogens is 633 g/mol. The number of aromatic nitrogens is 4. The molecule has 7 heteroatoms. The van der Waals surface area contributed by atoms with Crippen LogP contribution in [0.5, 0.6) is 17.2 Å². The van der Waals surface area contributed by atoms with Gasteiger partial charge in [-0.25, -0.2) is 0 Å². The van der Waals surface area contributed by atoms with E-state index in [1.54, 1.807) is 36.4 Å². The number of rotatable bonds is 4. The highest BCUT2D eigenvalue weighted by Crippen LogP contribution is 2.29. The maximum atomic E-state index is 10.2. The van der Waals surface area contributed by atoms with Crippen LogP contribution in [0.4, 0.5) is 0 Å². The Morgan fingerprint density at radius 2 is 0.529 bits per heavy atom. The third-order valence-electron chi connectivity index (χ3n) is 9.43. The molecule has 5 heterocycles. The summed E-state index contributed by atoms with van der Waals surface area (Å²) in [5.41, 5.74) is 11.3. The molecule has 7 nitrogen and oxygen atoms in total. The van der Waals surface area contributed by atoms with Gasteiger partial charge in [0.1, 0.15) is 17.2 Å². The lowest BCUT2D eigenvalue weighted by Gasteiger charge is -2.10. The molecule has 0 fully saturated rings. The van der Waals surface area contributed by atoms with Gasteiger partial charge >= 0.3 is 0 Å². The van der Waals surface area contributed by atoms with E-state index in [0.29, 0.717) is 0 Å². The summed E-state index contributed by atoms with van der Waals surface area (Å²) in [6.45, 7) is 0. The maximum absolute atomic E-state index is 10.2. The summed E-state index contributed by atoms with van der Waals surface area (Å²) in [6.07, 6.45) is 0. The number of fused-ring (bicyclic) bond motifs is 8. The lowest BCUT2D eigenvalue weighted by Crippen LogP contribution is -2.19. The molecule has 4 aromatic carbocycles. The van der Waals surface area contributed by atoms with Gasteiger partial charge in [0.05, 0.1) is 0 Å². The van der Waals surface area contributed by atoms with Gasteiger partial charge in [0, 0.05) is 66.5 Å². The van der Waals surface area contributed by atoms with Crippen molar-refractivity contribution < 1.29 is 15.3 Å². The molecule has 8 bridgehead atoms. The Balaban J connectivity index is 1.43. The molecule has 0 saturated carbocycles. The number of H-pyrrole nitrogens is 4. The molecule has 0 atom stereocenters. The molecule has 1 aliphatic heterocycles. The average molecular weight is 665 g/mol. The third kappa shape index (κ3) is 5.43. The van der Waals surface area contributed by atoms with Crippen molar-refractivity contribution in [2.75, 3.05) is 0 Å². The van der Waals surface area contributed by atoms with E-state index in [2.05, 4.69) is 80.6 Å². The minimum absolute atomic E-state index is 0.189. The summed E-state index contributed by atoms with van der Waals surface area (Å²) in [5, 5.41) is 34.1. The molecule has 0 spiro atoms. The average Bonchev–Trinajstić information content (AvgIpc) is 3.99. The number of hydrogen-bond acceptors (Lipinski definition) is 3. The van der Waals surface area contributed by atoms with Crippen molar-refractivity contribution >= 4 is 22.3 Å². The first-order valence-electron chi connectivity index (χ1n) is 16.7. The summed E-state index contributed by atoms with van der Waals surface area (Å²) in [6, 6.07) is 48.7. The van der Waals surface area contributed by atoms with Crippen LogP contribution in [0.2, 0.25) is 0 Å². The van der Waals surface area contributed by atoms with Gasteiger partial charge in [-0.15, -0.1) is 0 Å². The summed E-state index contributed by atoms with van der Waals surface area (Å²) < 4.78 is 0. The standard InChI is InChI=1S/C44H32N4O3/c49-30-12-6-27(7-13-30)42-35-20-18-33(45-35)41(26-4-2-1-3-5-26)34-19-21-36(46-34)43(28-8-14-31(50)15-9-28)38-23-25-40(48-38)44(39-24-22-37(42)47-39)29-10-16-32(51)17-11-29/h1-25,45-51H. The van der Waals surface area contributed by atoms with Crippen molar-refractivity contribution in [1.82, 2.24) is 19.9 Å². The Kier molecular flexibility index (Phi) is 7.10. The first-order chi connectivity index (χ1) is 25.0. The van der Waals surface area contributed by atoms with Crippen LogP contribution in [0.1, 0.15) is 45.0 Å². The highest BCUT2D eigenvalue weighted by atomic mass is 16.3. The predicted molar refractivity (Wildman–Crippen MR) is 199 cm³/mol. The van der Waals surface area contributed by atoms with Crippen LogP contribution in [0.25, 0.3) is 22.3 Å². The zero-order chi connectivity index (χ0) is 34.5. The van der Waals surface area contributed by atoms with E-state index in [0.717, 1.165) is 88.7 Å². The van der Waals surface area contributed by atoms with Crippen LogP contribution in [-0.4, -0.2) is 35.3 Å². The van der Waals surface area contributed by atoms with E-state index >= 15 is 0 Å². The Morgan fingerprint density at radius 1 is 0.255 bits per heavy atom. The van der Waals surface area contributed by atoms with E-state index < -0.39 is 0 Å². The third-order valence-corrected chi connectivity index (χ3v) is 9.43. The first kappa shape index (κ1) is 30.0. The van der Waals surface area contributed by atoms with Crippen LogP contribution in [0.15, 0.2) is 152 Å². The molecule has 1 aliphatic rings. The van der Waals surface area contributed by atoms with Crippen LogP contribution in [0.3, 0.4) is 0 Å². The second kappa shape index (κ2) is 12.1. The number of nitrogens with one attached hydrogen (secondary N) is 4. The second-order valence-electron chi connectivity index (χ2n) is 12.6. The van der Waals surface area contributed by atoms with Gasteiger partial charge in [-0.3, -0.25) is 0 Å². The van der Waals surface area contributed by atoms with Crippen LogP contribution in [0, 0.1) is 0 Å². The summed E-state index contributed by atoms with van der Waals surface area (Å²) in [5.74, 6) is 0.584. The largest absolute Gasteiger partial charge is 0.508 e. The Labute approximate surface area is 292 Å². The Bertz CT molecular complexity index is 2800. The second-order valence-corrected chi connectivity index (χ2v) is 12.6. The van der Waals surface area contributed by atoms with Crippen molar-refractivity contribution in [3.05, 3.63) is 218 Å². The molecule has 0 amide bonds. The quantitative estimate of drug-likeness (QED) is 0.136. The number of hydrogen-bond donors (Lipinski definition) is 7. The van der Waals surface area contributed by atoms with Gasteiger partial charge in [-0.2, -0.15) is 0 Å². The number of benzene rings is 4. The molecule has 0 radical (unpaired) electrons. The number of aromatic amines is 4. The highest BCUT2D eigenvalue weighted by molar-refractivity contribution is 5.84. The van der Waals surface area contributed by atoms with E-state index in [9.17, 15) is 15.3 Å². The van der Waals surface area contributed by atoms with Crippen LogP contribution < -0.4 is 21.4 Å². The Hall–Kier alpha value is -7.12. The lowest BCUT2D eigenvalue weighted by molar-refractivity contribution is 0.474. The van der Waals surface area contributed by atoms with Crippen molar-refractivity contribution in [2.24, 2.45) is 0 Å². The molecule has 7 N–H and O–H groups in total. The molecule has 8 aromatic rings. The molecule has 246 valence electrons. The van der Waals surface area contributed by atoms with E-state index in [4.69, 9.17) is 0 Å². The van der Waals surface area contributed by atoms with Gasteiger partial charge < -0.3 is 35.3 Å². The minimum Gasteiger partial charge on any atom is -0.508 e. The molecule has 9 rings (SSSR count). The fourth-order valence-corrected chi connectivity index (χ4v) is 7.06. The topological polar surface area (TPSA) is 124 Å².